The van der Waals surface area contributed by atoms with Crippen molar-refractivity contribution in [3.8, 4) is 0 Å². The van der Waals surface area contributed by atoms with E-state index < -0.39 is 0 Å². The number of rotatable bonds is 7. The molecule has 9 heteroatoms. The van der Waals surface area contributed by atoms with Crippen molar-refractivity contribution < 1.29 is 14.1 Å². The lowest BCUT2D eigenvalue weighted by Crippen LogP contribution is -2.31. The van der Waals surface area contributed by atoms with Crippen molar-refractivity contribution in [2.45, 2.75) is 38.3 Å². The molecule has 5 rings (SSSR count). The number of para-hydroxylation sites is 1. The highest BCUT2D eigenvalue weighted by Gasteiger charge is 2.35. The molecule has 1 atom stereocenters. The summed E-state index contributed by atoms with van der Waals surface area (Å²) >= 11 is 0. The van der Waals surface area contributed by atoms with E-state index in [-0.39, 0.29) is 24.3 Å². The highest BCUT2D eigenvalue weighted by Crippen LogP contribution is 2.32. The number of aromatic amines is 1. The molecule has 4 aromatic rings. The third kappa shape index (κ3) is 4.48. The molecule has 168 valence electrons. The summed E-state index contributed by atoms with van der Waals surface area (Å²) in [6.45, 7) is 1.09. The van der Waals surface area contributed by atoms with Crippen molar-refractivity contribution in [1.29, 1.82) is 0 Å². The molecule has 3 heterocycles. The number of carbonyl (C=O) groups is 2. The Labute approximate surface area is 190 Å². The number of aromatic nitrogens is 4. The summed E-state index contributed by atoms with van der Waals surface area (Å²) in [4.78, 5) is 31.6. The molecule has 0 aliphatic carbocycles. The second-order valence-electron chi connectivity index (χ2n) is 8.08. The molecule has 1 unspecified atom stereocenters. The molecule has 33 heavy (non-hydrogen) atoms. The summed E-state index contributed by atoms with van der Waals surface area (Å²) in [5.41, 5.74) is 2.27. The Morgan fingerprint density at radius 1 is 1.12 bits per heavy atom. The van der Waals surface area contributed by atoms with Gasteiger partial charge in [0.05, 0.1) is 11.6 Å². The monoisotopic (exact) mass is 444 g/mol. The molecule has 0 radical (unpaired) electrons. The summed E-state index contributed by atoms with van der Waals surface area (Å²) in [6, 6.07) is 17.0. The number of amides is 2. The van der Waals surface area contributed by atoms with E-state index in [0.717, 1.165) is 29.3 Å². The van der Waals surface area contributed by atoms with Gasteiger partial charge in [-0.3, -0.25) is 14.7 Å². The lowest BCUT2D eigenvalue weighted by atomic mass is 10.1. The summed E-state index contributed by atoms with van der Waals surface area (Å²) in [5, 5.41) is 14.9. The zero-order valence-electron chi connectivity index (χ0n) is 18.0. The van der Waals surface area contributed by atoms with E-state index in [1.54, 1.807) is 4.90 Å². The molecule has 0 bridgehead atoms. The van der Waals surface area contributed by atoms with Gasteiger partial charge in [-0.15, -0.1) is 0 Å². The Kier molecular flexibility index (Phi) is 5.84. The highest BCUT2D eigenvalue weighted by molar-refractivity contribution is 6.04. The fourth-order valence-corrected chi connectivity index (χ4v) is 4.15. The van der Waals surface area contributed by atoms with E-state index in [1.165, 1.54) is 0 Å². The van der Waals surface area contributed by atoms with E-state index in [9.17, 15) is 9.59 Å². The summed E-state index contributed by atoms with van der Waals surface area (Å²) in [6.07, 6.45) is 2.20. The topological polar surface area (TPSA) is 117 Å². The first-order chi connectivity index (χ1) is 16.2. The molecule has 2 aromatic heterocycles. The maximum absolute atomic E-state index is 13.2. The van der Waals surface area contributed by atoms with Gasteiger partial charge in [0.25, 0.3) is 5.91 Å². The quantitative estimate of drug-likeness (QED) is 0.452. The number of hydrogen-bond donors (Lipinski definition) is 2. The Morgan fingerprint density at radius 3 is 2.82 bits per heavy atom. The molecule has 1 fully saturated rings. The number of hydrogen-bond acceptors (Lipinski definition) is 6. The van der Waals surface area contributed by atoms with E-state index in [4.69, 9.17) is 4.52 Å². The van der Waals surface area contributed by atoms with Crippen LogP contribution in [0.3, 0.4) is 0 Å². The Balaban J connectivity index is 1.21. The zero-order valence-corrected chi connectivity index (χ0v) is 18.0. The van der Waals surface area contributed by atoms with Crippen LogP contribution in [-0.2, 0) is 17.8 Å². The number of fused-ring (bicyclic) bond motifs is 1. The number of benzene rings is 2. The normalized spacial score (nSPS) is 15.8. The van der Waals surface area contributed by atoms with Crippen molar-refractivity contribution >= 4 is 22.7 Å². The minimum atomic E-state index is -0.266. The first-order valence-electron chi connectivity index (χ1n) is 11.1. The summed E-state index contributed by atoms with van der Waals surface area (Å²) in [5.74, 6) is 0.632. The standard InChI is InChI=1S/C24H24N6O3/c31-20(25-15-16-7-2-1-3-8-16)12-13-21-26-23(29-33-21)19-11-6-14-30(19)24(32)22-17-9-4-5-10-18(17)27-28-22/h1-5,7-10,19H,6,11-15H2,(H,25,31)(H,27,28). The van der Waals surface area contributed by atoms with Gasteiger partial charge < -0.3 is 14.7 Å². The highest BCUT2D eigenvalue weighted by atomic mass is 16.5. The maximum Gasteiger partial charge on any atom is 0.275 e. The number of aryl methyl sites for hydroxylation is 1. The fourth-order valence-electron chi connectivity index (χ4n) is 4.15. The molecule has 1 aliphatic heterocycles. The fraction of sp³-hybridized carbons (Fsp3) is 0.292. The smallest absolute Gasteiger partial charge is 0.275 e. The van der Waals surface area contributed by atoms with Crippen LogP contribution in [0, 0.1) is 0 Å². The lowest BCUT2D eigenvalue weighted by Gasteiger charge is -2.21. The van der Waals surface area contributed by atoms with E-state index in [2.05, 4.69) is 25.7 Å². The van der Waals surface area contributed by atoms with E-state index >= 15 is 0 Å². The van der Waals surface area contributed by atoms with Crippen LogP contribution >= 0.6 is 0 Å². The second kappa shape index (κ2) is 9.23. The van der Waals surface area contributed by atoms with Gasteiger partial charge in [-0.2, -0.15) is 10.1 Å². The number of nitrogens with zero attached hydrogens (tertiary/aromatic N) is 4. The SMILES string of the molecule is O=C(CCc1nc(C2CCCN2C(=O)c2n[nH]c3ccccc23)no1)NCc1ccccc1. The molecular weight excluding hydrogens is 420 g/mol. The molecule has 2 N–H and O–H groups in total. The minimum absolute atomic E-state index is 0.0818. The molecule has 1 saturated heterocycles. The molecule has 0 spiro atoms. The maximum atomic E-state index is 13.2. The van der Waals surface area contributed by atoms with Crippen molar-refractivity contribution in [3.05, 3.63) is 77.6 Å². The predicted molar refractivity (Wildman–Crippen MR) is 120 cm³/mol. The minimum Gasteiger partial charge on any atom is -0.352 e. The van der Waals surface area contributed by atoms with Gasteiger partial charge >= 0.3 is 0 Å². The average Bonchev–Trinajstić information content (AvgIpc) is 3.61. The Bertz CT molecular complexity index is 1270. The van der Waals surface area contributed by atoms with Crippen LogP contribution in [0.2, 0.25) is 0 Å². The van der Waals surface area contributed by atoms with E-state index in [0.29, 0.717) is 36.9 Å². The molecular formula is C24H24N6O3. The van der Waals surface area contributed by atoms with Crippen molar-refractivity contribution in [2.75, 3.05) is 6.54 Å². The van der Waals surface area contributed by atoms with Crippen molar-refractivity contribution in [2.24, 2.45) is 0 Å². The van der Waals surface area contributed by atoms with Gasteiger partial charge in [-0.25, -0.2) is 0 Å². The molecule has 0 saturated carbocycles. The molecule has 1 aliphatic rings. The van der Waals surface area contributed by atoms with Crippen LogP contribution in [0.4, 0.5) is 0 Å². The lowest BCUT2D eigenvalue weighted by molar-refractivity contribution is -0.121. The van der Waals surface area contributed by atoms with Gasteiger partial charge in [0.1, 0.15) is 0 Å². The average molecular weight is 444 g/mol. The third-order valence-electron chi connectivity index (χ3n) is 5.87. The molecule has 9 nitrogen and oxygen atoms in total. The van der Waals surface area contributed by atoms with Gasteiger partial charge in [-0.1, -0.05) is 53.7 Å². The van der Waals surface area contributed by atoms with Gasteiger partial charge in [0, 0.05) is 31.3 Å². The largest absolute Gasteiger partial charge is 0.352 e. The summed E-state index contributed by atoms with van der Waals surface area (Å²) < 4.78 is 5.38. The van der Waals surface area contributed by atoms with Gasteiger partial charge in [-0.05, 0) is 24.5 Å². The van der Waals surface area contributed by atoms with Gasteiger partial charge in [0.2, 0.25) is 11.8 Å². The van der Waals surface area contributed by atoms with E-state index in [1.807, 2.05) is 54.6 Å². The first kappa shape index (κ1) is 20.9. The summed E-state index contributed by atoms with van der Waals surface area (Å²) in [7, 11) is 0. The second-order valence-corrected chi connectivity index (χ2v) is 8.08. The van der Waals surface area contributed by atoms with Crippen LogP contribution in [0.15, 0.2) is 59.1 Å². The van der Waals surface area contributed by atoms with Crippen LogP contribution in [0.1, 0.15) is 53.1 Å². The van der Waals surface area contributed by atoms with Crippen molar-refractivity contribution in [1.82, 2.24) is 30.6 Å². The van der Waals surface area contributed by atoms with Gasteiger partial charge in [0.15, 0.2) is 11.5 Å². The van der Waals surface area contributed by atoms with Crippen LogP contribution in [0.25, 0.3) is 10.9 Å². The number of likely N-dealkylation sites (tertiary alicyclic amines) is 1. The zero-order chi connectivity index (χ0) is 22.6. The third-order valence-corrected chi connectivity index (χ3v) is 5.87. The molecule has 2 aromatic carbocycles. The van der Waals surface area contributed by atoms with Crippen LogP contribution < -0.4 is 5.32 Å². The number of nitrogens with one attached hydrogen (secondary N) is 2. The van der Waals surface area contributed by atoms with Crippen molar-refractivity contribution in [3.63, 3.8) is 0 Å². The predicted octanol–water partition coefficient (Wildman–Crippen LogP) is 3.17. The Hall–Kier alpha value is -4.01. The molecule has 2 amide bonds. The number of H-pyrrole nitrogens is 1. The van der Waals surface area contributed by atoms with Crippen LogP contribution in [-0.4, -0.2) is 43.6 Å². The van der Waals surface area contributed by atoms with Crippen LogP contribution in [0.5, 0.6) is 0 Å². The number of carbonyl (C=O) groups excluding carboxylic acids is 2. The first-order valence-corrected chi connectivity index (χ1v) is 11.1. The Morgan fingerprint density at radius 2 is 1.94 bits per heavy atom.